The maximum Gasteiger partial charge on any atom is 0.0400 e. The molecule has 0 radical (unpaired) electrons. The van der Waals surface area contributed by atoms with Gasteiger partial charge in [0.1, 0.15) is 0 Å². The first-order valence-electron chi connectivity index (χ1n) is 7.70. The summed E-state index contributed by atoms with van der Waals surface area (Å²) < 4.78 is 1.15. The van der Waals surface area contributed by atoms with Crippen LogP contribution in [0.15, 0.2) is 22.7 Å². The number of hydrogen-bond donors (Lipinski definition) is 1. The van der Waals surface area contributed by atoms with Gasteiger partial charge in [0.05, 0.1) is 0 Å². The van der Waals surface area contributed by atoms with Gasteiger partial charge in [-0.15, -0.1) is 0 Å². The van der Waals surface area contributed by atoms with Gasteiger partial charge in [-0.25, -0.2) is 0 Å². The highest BCUT2D eigenvalue weighted by Crippen LogP contribution is 2.34. The monoisotopic (exact) mass is 338 g/mol. The number of hydrogen-bond acceptors (Lipinski definition) is 2. The van der Waals surface area contributed by atoms with Crippen molar-refractivity contribution in [1.29, 1.82) is 0 Å². The zero-order valence-electron chi connectivity index (χ0n) is 13.0. The Labute approximate surface area is 131 Å². The van der Waals surface area contributed by atoms with Crippen molar-refractivity contribution in [2.24, 2.45) is 11.1 Å². The van der Waals surface area contributed by atoms with Crippen molar-refractivity contribution in [3.63, 3.8) is 0 Å². The number of piperidine rings is 1. The van der Waals surface area contributed by atoms with Crippen molar-refractivity contribution in [2.45, 2.75) is 52.5 Å². The van der Waals surface area contributed by atoms with E-state index in [2.05, 4.69) is 59.8 Å². The molecule has 1 aromatic rings. The Balaban J connectivity index is 2.26. The molecular weight excluding hydrogens is 312 g/mol. The molecule has 112 valence electrons. The highest BCUT2D eigenvalue weighted by Gasteiger charge is 2.27. The molecule has 2 nitrogen and oxygen atoms in total. The largest absolute Gasteiger partial charge is 0.371 e. The molecule has 1 atom stereocenters. The maximum atomic E-state index is 6.17. The molecule has 1 unspecified atom stereocenters. The fourth-order valence-electron chi connectivity index (χ4n) is 3.08. The molecule has 2 N–H and O–H groups in total. The minimum absolute atomic E-state index is 0.251. The van der Waals surface area contributed by atoms with Crippen LogP contribution in [0.3, 0.4) is 0 Å². The van der Waals surface area contributed by atoms with Crippen LogP contribution in [0.5, 0.6) is 0 Å². The van der Waals surface area contributed by atoms with Gasteiger partial charge in [-0.1, -0.05) is 36.7 Å². The topological polar surface area (TPSA) is 29.3 Å². The van der Waals surface area contributed by atoms with Crippen LogP contribution < -0.4 is 10.6 Å². The predicted octanol–water partition coefficient (Wildman–Crippen LogP) is 4.36. The lowest BCUT2D eigenvalue weighted by atomic mass is 9.83. The molecule has 2 rings (SSSR count). The molecule has 1 aliphatic rings. The van der Waals surface area contributed by atoms with Gasteiger partial charge in [0.2, 0.25) is 0 Å². The van der Waals surface area contributed by atoms with Crippen molar-refractivity contribution in [1.82, 2.24) is 0 Å². The van der Waals surface area contributed by atoms with E-state index in [1.807, 2.05) is 0 Å². The molecular formula is C17H27BrN2. The lowest BCUT2D eigenvalue weighted by Gasteiger charge is -2.40. The second kappa shape index (κ2) is 6.48. The number of anilines is 1. The van der Waals surface area contributed by atoms with Gasteiger partial charge in [0.15, 0.2) is 0 Å². The molecule has 3 heteroatoms. The molecule has 0 bridgehead atoms. The van der Waals surface area contributed by atoms with E-state index in [1.165, 1.54) is 30.6 Å². The van der Waals surface area contributed by atoms with Crippen LogP contribution in [0.1, 0.15) is 45.6 Å². The van der Waals surface area contributed by atoms with E-state index in [1.54, 1.807) is 0 Å². The lowest BCUT2D eigenvalue weighted by Crippen LogP contribution is -2.40. The summed E-state index contributed by atoms with van der Waals surface area (Å²) in [5.74, 6) is 0. The average Bonchev–Trinajstić information content (AvgIpc) is 2.37. The quantitative estimate of drug-likeness (QED) is 0.883. The van der Waals surface area contributed by atoms with E-state index in [0.717, 1.165) is 23.9 Å². The molecule has 20 heavy (non-hydrogen) atoms. The van der Waals surface area contributed by atoms with Gasteiger partial charge in [-0.2, -0.15) is 0 Å². The minimum Gasteiger partial charge on any atom is -0.371 e. The SMILES string of the molecule is CCC(N)Cc1cc(Br)ccc1N1CCCC(C)(C)C1. The summed E-state index contributed by atoms with van der Waals surface area (Å²) >= 11 is 3.60. The summed E-state index contributed by atoms with van der Waals surface area (Å²) in [6.45, 7) is 9.21. The van der Waals surface area contributed by atoms with E-state index in [-0.39, 0.29) is 6.04 Å². The second-order valence-electron chi connectivity index (χ2n) is 6.83. The van der Waals surface area contributed by atoms with Crippen molar-refractivity contribution >= 4 is 21.6 Å². The van der Waals surface area contributed by atoms with Gasteiger partial charge in [0, 0.05) is 29.3 Å². The van der Waals surface area contributed by atoms with Crippen LogP contribution in [-0.2, 0) is 6.42 Å². The number of nitrogens with zero attached hydrogens (tertiary/aromatic N) is 1. The van der Waals surface area contributed by atoms with E-state index < -0.39 is 0 Å². The maximum absolute atomic E-state index is 6.17. The molecule has 1 aromatic carbocycles. The van der Waals surface area contributed by atoms with Crippen LogP contribution in [-0.4, -0.2) is 19.1 Å². The van der Waals surface area contributed by atoms with E-state index >= 15 is 0 Å². The first-order valence-corrected chi connectivity index (χ1v) is 8.49. The van der Waals surface area contributed by atoms with Crippen LogP contribution in [0.25, 0.3) is 0 Å². The summed E-state index contributed by atoms with van der Waals surface area (Å²) in [5.41, 5.74) is 9.35. The van der Waals surface area contributed by atoms with Gasteiger partial charge in [0.25, 0.3) is 0 Å². The number of benzene rings is 1. The summed E-state index contributed by atoms with van der Waals surface area (Å²) in [4.78, 5) is 2.55. The molecule has 0 amide bonds. The molecule has 0 saturated carbocycles. The molecule has 0 spiro atoms. The third-order valence-electron chi connectivity index (χ3n) is 4.29. The summed E-state index contributed by atoms with van der Waals surface area (Å²) in [5, 5.41) is 0. The van der Waals surface area contributed by atoms with E-state index in [9.17, 15) is 0 Å². The summed E-state index contributed by atoms with van der Waals surface area (Å²) in [6, 6.07) is 6.90. The van der Waals surface area contributed by atoms with Crippen LogP contribution >= 0.6 is 15.9 Å². The minimum atomic E-state index is 0.251. The number of rotatable bonds is 4. The second-order valence-corrected chi connectivity index (χ2v) is 7.75. The Bertz CT molecular complexity index is 456. The fraction of sp³-hybridized carbons (Fsp3) is 0.647. The fourth-order valence-corrected chi connectivity index (χ4v) is 3.49. The Morgan fingerprint density at radius 2 is 2.15 bits per heavy atom. The Morgan fingerprint density at radius 1 is 1.40 bits per heavy atom. The van der Waals surface area contributed by atoms with Gasteiger partial charge >= 0.3 is 0 Å². The number of halogens is 1. The molecule has 0 aromatic heterocycles. The third kappa shape index (κ3) is 3.98. The van der Waals surface area contributed by atoms with Gasteiger partial charge < -0.3 is 10.6 Å². The molecule has 0 aliphatic carbocycles. The smallest absolute Gasteiger partial charge is 0.0400 e. The predicted molar refractivity (Wildman–Crippen MR) is 91.3 cm³/mol. The van der Waals surface area contributed by atoms with Crippen molar-refractivity contribution in [2.75, 3.05) is 18.0 Å². The van der Waals surface area contributed by atoms with Crippen molar-refractivity contribution in [3.05, 3.63) is 28.2 Å². The Hall–Kier alpha value is -0.540. The summed E-state index contributed by atoms with van der Waals surface area (Å²) in [6.07, 6.45) is 4.59. The van der Waals surface area contributed by atoms with Crippen LogP contribution in [0.2, 0.25) is 0 Å². The van der Waals surface area contributed by atoms with Gasteiger partial charge in [-0.05, 0) is 54.9 Å². The van der Waals surface area contributed by atoms with Gasteiger partial charge in [-0.3, -0.25) is 0 Å². The van der Waals surface area contributed by atoms with Crippen LogP contribution in [0, 0.1) is 5.41 Å². The first-order chi connectivity index (χ1) is 9.41. The summed E-state index contributed by atoms with van der Waals surface area (Å²) in [7, 11) is 0. The zero-order valence-corrected chi connectivity index (χ0v) is 14.5. The average molecular weight is 339 g/mol. The van der Waals surface area contributed by atoms with E-state index in [0.29, 0.717) is 5.41 Å². The Kier molecular flexibility index (Phi) is 5.14. The lowest BCUT2D eigenvalue weighted by molar-refractivity contribution is 0.293. The molecule has 1 heterocycles. The van der Waals surface area contributed by atoms with E-state index in [4.69, 9.17) is 5.73 Å². The highest BCUT2D eigenvalue weighted by atomic mass is 79.9. The highest BCUT2D eigenvalue weighted by molar-refractivity contribution is 9.10. The Morgan fingerprint density at radius 3 is 2.80 bits per heavy atom. The zero-order chi connectivity index (χ0) is 14.8. The number of nitrogens with two attached hydrogens (primary N) is 1. The molecule has 1 fully saturated rings. The normalized spacial score (nSPS) is 19.9. The first kappa shape index (κ1) is 15.8. The van der Waals surface area contributed by atoms with Crippen molar-refractivity contribution < 1.29 is 0 Å². The van der Waals surface area contributed by atoms with Crippen LogP contribution in [0.4, 0.5) is 5.69 Å². The standard InChI is InChI=1S/C17H27BrN2/c1-4-15(19)11-13-10-14(18)6-7-16(13)20-9-5-8-17(2,3)12-20/h6-7,10,15H,4-5,8-9,11-12,19H2,1-3H3. The van der Waals surface area contributed by atoms with Crippen molar-refractivity contribution in [3.8, 4) is 0 Å². The molecule has 1 saturated heterocycles. The third-order valence-corrected chi connectivity index (χ3v) is 4.78. The molecule has 1 aliphatic heterocycles.